The fourth-order valence-electron chi connectivity index (χ4n) is 1.39. The Morgan fingerprint density at radius 3 is 2.93 bits per heavy atom. The monoisotopic (exact) mass is 197 g/mol. The van der Waals surface area contributed by atoms with Crippen molar-refractivity contribution in [3.8, 4) is 0 Å². The van der Waals surface area contributed by atoms with E-state index in [9.17, 15) is 0 Å². The number of nitrogens with zero attached hydrogens (tertiary/aromatic N) is 2. The van der Waals surface area contributed by atoms with Gasteiger partial charge in [0.15, 0.2) is 0 Å². The van der Waals surface area contributed by atoms with Gasteiger partial charge in [0, 0.05) is 25.9 Å². The van der Waals surface area contributed by atoms with Gasteiger partial charge in [0.2, 0.25) is 0 Å². The molecule has 1 aromatic rings. The van der Waals surface area contributed by atoms with Crippen LogP contribution in [0.1, 0.15) is 24.9 Å². The Morgan fingerprint density at radius 1 is 1.50 bits per heavy atom. The van der Waals surface area contributed by atoms with Gasteiger partial charge in [-0.1, -0.05) is 6.92 Å². The molecule has 0 aliphatic rings. The van der Waals surface area contributed by atoms with E-state index in [1.54, 1.807) is 0 Å². The lowest BCUT2D eigenvalue weighted by atomic mass is 10.4. The normalized spacial score (nSPS) is 10.8. The minimum absolute atomic E-state index is 0.536. The maximum atomic E-state index is 5.59. The van der Waals surface area contributed by atoms with Gasteiger partial charge in [0.25, 0.3) is 0 Å². The molecule has 0 radical (unpaired) electrons. The van der Waals surface area contributed by atoms with E-state index in [1.165, 1.54) is 0 Å². The molecule has 80 valence electrons. The number of hydrogen-bond acceptors (Lipinski definition) is 3. The highest BCUT2D eigenvalue weighted by molar-refractivity contribution is 5.03. The van der Waals surface area contributed by atoms with Gasteiger partial charge in [-0.15, -0.1) is 0 Å². The zero-order chi connectivity index (χ0) is 10.4. The number of aryl methyl sites for hydroxylation is 1. The van der Waals surface area contributed by atoms with Gasteiger partial charge in [-0.25, -0.2) is 4.98 Å². The number of nitrogens with two attached hydrogens (primary N) is 1. The Balaban J connectivity index is 2.44. The summed E-state index contributed by atoms with van der Waals surface area (Å²) >= 11 is 0. The zero-order valence-electron chi connectivity index (χ0n) is 8.99. The molecule has 0 unspecified atom stereocenters. The van der Waals surface area contributed by atoms with Crippen LogP contribution in [-0.2, 0) is 17.8 Å². The molecule has 0 aliphatic carbocycles. The molecule has 0 saturated carbocycles. The van der Waals surface area contributed by atoms with Gasteiger partial charge in [-0.3, -0.25) is 0 Å². The molecule has 0 aliphatic heterocycles. The molecule has 0 atom stereocenters. The molecule has 4 heteroatoms. The van der Waals surface area contributed by atoms with E-state index in [2.05, 4.69) is 16.5 Å². The van der Waals surface area contributed by atoms with Gasteiger partial charge in [0.1, 0.15) is 5.82 Å². The third kappa shape index (κ3) is 2.82. The fraction of sp³-hybridized carbons (Fsp3) is 0.700. The molecule has 4 nitrogen and oxygen atoms in total. The van der Waals surface area contributed by atoms with Crippen molar-refractivity contribution in [2.45, 2.75) is 33.4 Å². The second-order valence-electron chi connectivity index (χ2n) is 3.26. The van der Waals surface area contributed by atoms with Gasteiger partial charge >= 0.3 is 0 Å². The van der Waals surface area contributed by atoms with E-state index < -0.39 is 0 Å². The molecule has 0 fully saturated rings. The first-order valence-electron chi connectivity index (χ1n) is 5.08. The SMILES string of the molecule is CCCOCCn1c(CN)cnc1C. The summed E-state index contributed by atoms with van der Waals surface area (Å²) in [6.45, 7) is 7.03. The average Bonchev–Trinajstić information content (AvgIpc) is 2.55. The molecule has 2 N–H and O–H groups in total. The topological polar surface area (TPSA) is 53.1 Å². The number of ether oxygens (including phenoxy) is 1. The maximum absolute atomic E-state index is 5.59. The molecule has 0 spiro atoms. The summed E-state index contributed by atoms with van der Waals surface area (Å²) in [6, 6.07) is 0. The minimum atomic E-state index is 0.536. The smallest absolute Gasteiger partial charge is 0.105 e. The third-order valence-electron chi connectivity index (χ3n) is 2.15. The Hall–Kier alpha value is -0.870. The lowest BCUT2D eigenvalue weighted by Crippen LogP contribution is -2.13. The van der Waals surface area contributed by atoms with Crippen molar-refractivity contribution < 1.29 is 4.74 Å². The van der Waals surface area contributed by atoms with Gasteiger partial charge in [0.05, 0.1) is 12.3 Å². The molecular formula is C10H19N3O. The lowest BCUT2D eigenvalue weighted by molar-refractivity contribution is 0.126. The molecule has 1 aromatic heterocycles. The van der Waals surface area contributed by atoms with E-state index in [-0.39, 0.29) is 0 Å². The first-order chi connectivity index (χ1) is 6.79. The number of hydrogen-bond donors (Lipinski definition) is 1. The second-order valence-corrected chi connectivity index (χ2v) is 3.26. The van der Waals surface area contributed by atoms with Crippen LogP contribution in [0.4, 0.5) is 0 Å². The van der Waals surface area contributed by atoms with Crippen LogP contribution in [0.2, 0.25) is 0 Å². The standard InChI is InChI=1S/C10H19N3O/c1-3-5-14-6-4-13-9(2)12-8-10(13)7-11/h8H,3-7,11H2,1-2H3. The summed E-state index contributed by atoms with van der Waals surface area (Å²) in [6.07, 6.45) is 2.89. The van der Waals surface area contributed by atoms with Crippen molar-refractivity contribution in [2.75, 3.05) is 13.2 Å². The summed E-state index contributed by atoms with van der Waals surface area (Å²) < 4.78 is 7.53. The van der Waals surface area contributed by atoms with Crippen molar-refractivity contribution in [1.82, 2.24) is 9.55 Å². The van der Waals surface area contributed by atoms with E-state index in [4.69, 9.17) is 10.5 Å². The molecule has 1 heterocycles. The molecular weight excluding hydrogens is 178 g/mol. The van der Waals surface area contributed by atoms with Crippen LogP contribution in [0.25, 0.3) is 0 Å². The first kappa shape index (κ1) is 11.2. The zero-order valence-corrected chi connectivity index (χ0v) is 8.99. The molecule has 0 aromatic carbocycles. The van der Waals surface area contributed by atoms with E-state index >= 15 is 0 Å². The Labute approximate surface area is 85.1 Å². The summed E-state index contributed by atoms with van der Waals surface area (Å²) in [5, 5.41) is 0. The van der Waals surface area contributed by atoms with Crippen LogP contribution in [0, 0.1) is 6.92 Å². The predicted octanol–water partition coefficient (Wildman–Crippen LogP) is 1.08. The number of rotatable bonds is 6. The summed E-state index contributed by atoms with van der Waals surface area (Å²) in [5.41, 5.74) is 6.66. The minimum Gasteiger partial charge on any atom is -0.380 e. The predicted molar refractivity (Wildman–Crippen MR) is 56.0 cm³/mol. The van der Waals surface area contributed by atoms with Crippen LogP contribution < -0.4 is 5.73 Å². The first-order valence-corrected chi connectivity index (χ1v) is 5.08. The van der Waals surface area contributed by atoms with Crippen LogP contribution >= 0.6 is 0 Å². The van der Waals surface area contributed by atoms with Crippen LogP contribution in [-0.4, -0.2) is 22.8 Å². The van der Waals surface area contributed by atoms with Crippen LogP contribution in [0.5, 0.6) is 0 Å². The Morgan fingerprint density at radius 2 is 2.29 bits per heavy atom. The Kier molecular flexibility index (Phi) is 4.62. The van der Waals surface area contributed by atoms with Crippen molar-refractivity contribution >= 4 is 0 Å². The van der Waals surface area contributed by atoms with E-state index in [0.717, 1.165) is 37.7 Å². The lowest BCUT2D eigenvalue weighted by Gasteiger charge is -2.09. The van der Waals surface area contributed by atoms with Crippen LogP contribution in [0.3, 0.4) is 0 Å². The number of imidazole rings is 1. The highest BCUT2D eigenvalue weighted by Gasteiger charge is 2.03. The molecule has 1 rings (SSSR count). The highest BCUT2D eigenvalue weighted by atomic mass is 16.5. The summed E-state index contributed by atoms with van der Waals surface area (Å²) in [5.74, 6) is 1.01. The van der Waals surface area contributed by atoms with Crippen molar-refractivity contribution in [3.63, 3.8) is 0 Å². The highest BCUT2D eigenvalue weighted by Crippen LogP contribution is 2.03. The van der Waals surface area contributed by atoms with Crippen LogP contribution in [0.15, 0.2) is 6.20 Å². The third-order valence-corrected chi connectivity index (χ3v) is 2.15. The van der Waals surface area contributed by atoms with E-state index in [0.29, 0.717) is 6.54 Å². The average molecular weight is 197 g/mol. The molecule has 0 bridgehead atoms. The van der Waals surface area contributed by atoms with Gasteiger partial charge < -0.3 is 15.0 Å². The van der Waals surface area contributed by atoms with Gasteiger partial charge in [-0.05, 0) is 13.3 Å². The molecule has 0 saturated heterocycles. The van der Waals surface area contributed by atoms with Crippen molar-refractivity contribution in [2.24, 2.45) is 5.73 Å². The maximum Gasteiger partial charge on any atom is 0.105 e. The van der Waals surface area contributed by atoms with Crippen molar-refractivity contribution in [3.05, 3.63) is 17.7 Å². The summed E-state index contributed by atoms with van der Waals surface area (Å²) in [7, 11) is 0. The fourth-order valence-corrected chi connectivity index (χ4v) is 1.39. The second kappa shape index (κ2) is 5.78. The quantitative estimate of drug-likeness (QED) is 0.694. The molecule has 14 heavy (non-hydrogen) atoms. The van der Waals surface area contributed by atoms with E-state index in [1.807, 2.05) is 13.1 Å². The largest absolute Gasteiger partial charge is 0.380 e. The van der Waals surface area contributed by atoms with Gasteiger partial charge in [-0.2, -0.15) is 0 Å². The molecule has 0 amide bonds. The summed E-state index contributed by atoms with van der Waals surface area (Å²) in [4.78, 5) is 4.21. The van der Waals surface area contributed by atoms with Crippen molar-refractivity contribution in [1.29, 1.82) is 0 Å². The Bertz CT molecular complexity index is 270. The number of aromatic nitrogens is 2.